The molecule has 0 fully saturated rings. The third-order valence-electron chi connectivity index (χ3n) is 4.42. The summed E-state index contributed by atoms with van der Waals surface area (Å²) >= 11 is 0. The molecule has 5 heteroatoms. The smallest absolute Gasteiger partial charge is 0.200 e. The molecule has 0 aromatic heterocycles. The minimum Gasteiger partial charge on any atom is -0.491 e. The average Bonchev–Trinajstić information content (AvgIpc) is 2.71. The zero-order chi connectivity index (χ0) is 20.1. The van der Waals surface area contributed by atoms with Gasteiger partial charge in [0.2, 0.25) is 5.82 Å². The highest BCUT2D eigenvalue weighted by Crippen LogP contribution is 2.27. The second kappa shape index (κ2) is 8.83. The summed E-state index contributed by atoms with van der Waals surface area (Å²) in [6.45, 7) is 4.05. The predicted molar refractivity (Wildman–Crippen MR) is 103 cm³/mol. The molecule has 0 aliphatic rings. The minimum absolute atomic E-state index is 0.0970. The van der Waals surface area contributed by atoms with Gasteiger partial charge in [-0.15, -0.1) is 0 Å². The van der Waals surface area contributed by atoms with Gasteiger partial charge in [0.25, 0.3) is 0 Å². The number of halogens is 3. The van der Waals surface area contributed by atoms with Gasteiger partial charge in [0.05, 0.1) is 6.61 Å². The van der Waals surface area contributed by atoms with Crippen LogP contribution in [0.2, 0.25) is 0 Å². The Labute approximate surface area is 162 Å². The predicted octanol–water partition coefficient (Wildman–Crippen LogP) is 6.31. The van der Waals surface area contributed by atoms with E-state index in [4.69, 9.17) is 9.47 Å². The summed E-state index contributed by atoms with van der Waals surface area (Å²) in [5.41, 5.74) is 2.65. The summed E-state index contributed by atoms with van der Waals surface area (Å²) in [5, 5.41) is 0. The van der Waals surface area contributed by atoms with Crippen molar-refractivity contribution in [1.29, 1.82) is 0 Å². The first-order chi connectivity index (χ1) is 13.5. The van der Waals surface area contributed by atoms with Crippen molar-refractivity contribution in [3.8, 4) is 22.6 Å². The fourth-order valence-electron chi connectivity index (χ4n) is 2.86. The van der Waals surface area contributed by atoms with Crippen LogP contribution in [0.3, 0.4) is 0 Å². The van der Waals surface area contributed by atoms with Crippen molar-refractivity contribution < 1.29 is 22.6 Å². The van der Waals surface area contributed by atoms with Crippen LogP contribution in [-0.4, -0.2) is 6.61 Å². The Morgan fingerprint density at radius 1 is 0.714 bits per heavy atom. The Hall–Kier alpha value is -2.95. The molecule has 0 bridgehead atoms. The normalized spacial score (nSPS) is 10.8. The number of rotatable bonds is 7. The molecule has 0 N–H and O–H groups in total. The van der Waals surface area contributed by atoms with Crippen molar-refractivity contribution in [2.45, 2.75) is 26.9 Å². The van der Waals surface area contributed by atoms with Crippen LogP contribution in [0, 0.1) is 17.5 Å². The highest BCUT2D eigenvalue weighted by molar-refractivity contribution is 5.64. The van der Waals surface area contributed by atoms with Gasteiger partial charge in [-0.3, -0.25) is 0 Å². The molecular formula is C23H21F3O2. The molecule has 0 heterocycles. The molecule has 0 unspecified atom stereocenters. The summed E-state index contributed by atoms with van der Waals surface area (Å²) in [6, 6.07) is 15.0. The first-order valence-corrected chi connectivity index (χ1v) is 9.14. The molecule has 146 valence electrons. The van der Waals surface area contributed by atoms with E-state index in [1.165, 1.54) is 18.2 Å². The van der Waals surface area contributed by atoms with Gasteiger partial charge in [0, 0.05) is 0 Å². The first-order valence-electron chi connectivity index (χ1n) is 9.14. The van der Waals surface area contributed by atoms with Crippen molar-refractivity contribution >= 4 is 0 Å². The lowest BCUT2D eigenvalue weighted by Gasteiger charge is -2.11. The van der Waals surface area contributed by atoms with E-state index in [0.29, 0.717) is 18.6 Å². The molecule has 0 aliphatic heterocycles. The maximum Gasteiger partial charge on any atom is 0.200 e. The van der Waals surface area contributed by atoms with E-state index in [1.54, 1.807) is 38.1 Å². The number of hydrogen-bond acceptors (Lipinski definition) is 2. The molecule has 28 heavy (non-hydrogen) atoms. The average molecular weight is 386 g/mol. The Balaban J connectivity index is 1.70. The lowest BCUT2D eigenvalue weighted by Crippen LogP contribution is -2.01. The standard InChI is InChI=1S/C23H21F3O2/c1-3-16-9-12-21(23(26)22(16)25)28-14-15-5-7-17(8-6-15)18-10-11-20(27-4-2)19(24)13-18/h5-13H,3-4,14H2,1-2H3. The van der Waals surface area contributed by atoms with E-state index in [2.05, 4.69) is 0 Å². The van der Waals surface area contributed by atoms with Gasteiger partial charge in [0.1, 0.15) is 6.61 Å². The molecular weight excluding hydrogens is 365 g/mol. The van der Waals surface area contributed by atoms with Gasteiger partial charge in [-0.05, 0) is 53.8 Å². The Morgan fingerprint density at radius 3 is 2.04 bits per heavy atom. The molecule has 2 nitrogen and oxygen atoms in total. The quantitative estimate of drug-likeness (QED) is 0.474. The molecule has 0 spiro atoms. The third-order valence-corrected chi connectivity index (χ3v) is 4.42. The van der Waals surface area contributed by atoms with Crippen molar-refractivity contribution in [3.63, 3.8) is 0 Å². The zero-order valence-electron chi connectivity index (χ0n) is 15.8. The number of hydrogen-bond donors (Lipinski definition) is 0. The molecule has 0 saturated carbocycles. The van der Waals surface area contributed by atoms with Crippen molar-refractivity contribution in [2.75, 3.05) is 6.61 Å². The summed E-state index contributed by atoms with van der Waals surface area (Å²) in [7, 11) is 0. The van der Waals surface area contributed by atoms with Crippen LogP contribution in [0.4, 0.5) is 13.2 Å². The summed E-state index contributed by atoms with van der Waals surface area (Å²) in [6.07, 6.45) is 0.413. The van der Waals surface area contributed by atoms with Crippen LogP contribution in [0.1, 0.15) is 25.0 Å². The lowest BCUT2D eigenvalue weighted by molar-refractivity contribution is 0.284. The number of benzene rings is 3. The topological polar surface area (TPSA) is 18.5 Å². The number of aryl methyl sites for hydroxylation is 1. The summed E-state index contributed by atoms with van der Waals surface area (Å²) < 4.78 is 52.5. The first kappa shape index (κ1) is 19.8. The summed E-state index contributed by atoms with van der Waals surface area (Å²) in [5.74, 6) is -2.15. The third kappa shape index (κ3) is 4.30. The van der Waals surface area contributed by atoms with Crippen LogP contribution in [-0.2, 0) is 13.0 Å². The van der Waals surface area contributed by atoms with E-state index in [-0.39, 0.29) is 18.1 Å². The molecule has 0 radical (unpaired) electrons. The molecule has 0 amide bonds. The lowest BCUT2D eigenvalue weighted by atomic mass is 10.0. The fourth-order valence-corrected chi connectivity index (χ4v) is 2.86. The zero-order valence-corrected chi connectivity index (χ0v) is 15.8. The molecule has 3 rings (SSSR count). The van der Waals surface area contributed by atoms with Gasteiger partial charge in [0.15, 0.2) is 23.1 Å². The second-order valence-electron chi connectivity index (χ2n) is 6.27. The molecule has 0 saturated heterocycles. The van der Waals surface area contributed by atoms with Crippen molar-refractivity contribution in [1.82, 2.24) is 0 Å². The highest BCUT2D eigenvalue weighted by atomic mass is 19.2. The van der Waals surface area contributed by atoms with Gasteiger partial charge >= 0.3 is 0 Å². The second-order valence-corrected chi connectivity index (χ2v) is 6.27. The molecule has 3 aromatic rings. The van der Waals surface area contributed by atoms with E-state index < -0.39 is 17.5 Å². The van der Waals surface area contributed by atoms with Gasteiger partial charge in [-0.1, -0.05) is 43.3 Å². The molecule has 0 aliphatic carbocycles. The minimum atomic E-state index is -0.971. The van der Waals surface area contributed by atoms with Gasteiger partial charge < -0.3 is 9.47 Å². The van der Waals surface area contributed by atoms with E-state index >= 15 is 0 Å². The molecule has 0 atom stereocenters. The number of ether oxygens (including phenoxy) is 2. The van der Waals surface area contributed by atoms with Crippen LogP contribution in [0.25, 0.3) is 11.1 Å². The largest absolute Gasteiger partial charge is 0.491 e. The van der Waals surface area contributed by atoms with E-state index in [9.17, 15) is 13.2 Å². The maximum absolute atomic E-state index is 14.0. The van der Waals surface area contributed by atoms with Crippen LogP contribution < -0.4 is 9.47 Å². The Kier molecular flexibility index (Phi) is 6.24. The van der Waals surface area contributed by atoms with E-state index in [1.807, 2.05) is 12.1 Å². The van der Waals surface area contributed by atoms with Gasteiger partial charge in [-0.25, -0.2) is 8.78 Å². The SMILES string of the molecule is CCOc1ccc(-c2ccc(COc3ccc(CC)c(F)c3F)cc2)cc1F. The monoisotopic (exact) mass is 386 g/mol. The van der Waals surface area contributed by atoms with Crippen molar-refractivity contribution in [3.05, 3.63) is 83.2 Å². The van der Waals surface area contributed by atoms with Crippen LogP contribution in [0.15, 0.2) is 54.6 Å². The fraction of sp³-hybridized carbons (Fsp3) is 0.217. The highest BCUT2D eigenvalue weighted by Gasteiger charge is 2.13. The van der Waals surface area contributed by atoms with E-state index in [0.717, 1.165) is 16.7 Å². The maximum atomic E-state index is 14.0. The molecule has 3 aromatic carbocycles. The Bertz CT molecular complexity index is 953. The summed E-state index contributed by atoms with van der Waals surface area (Å²) in [4.78, 5) is 0. The van der Waals surface area contributed by atoms with Gasteiger partial charge in [-0.2, -0.15) is 4.39 Å². The van der Waals surface area contributed by atoms with Crippen LogP contribution in [0.5, 0.6) is 11.5 Å². The Morgan fingerprint density at radius 2 is 1.39 bits per heavy atom. The van der Waals surface area contributed by atoms with Crippen molar-refractivity contribution in [2.24, 2.45) is 0 Å². The van der Waals surface area contributed by atoms with Crippen LogP contribution >= 0.6 is 0 Å².